The number of nitrogens with one attached hydrogen (secondary N) is 2. The second kappa shape index (κ2) is 9.97. The molecule has 2 aromatic rings. The minimum atomic E-state index is -0.249. The van der Waals surface area contributed by atoms with E-state index in [2.05, 4.69) is 17.6 Å². The van der Waals surface area contributed by atoms with E-state index < -0.39 is 0 Å². The molecule has 29 heavy (non-hydrogen) atoms. The Balaban J connectivity index is 1.57. The highest BCUT2D eigenvalue weighted by Gasteiger charge is 2.21. The molecule has 0 saturated heterocycles. The summed E-state index contributed by atoms with van der Waals surface area (Å²) in [5, 5.41) is 5.79. The van der Waals surface area contributed by atoms with Crippen LogP contribution in [0.2, 0.25) is 0 Å². The Hall–Kier alpha value is -2.27. The van der Waals surface area contributed by atoms with Crippen LogP contribution in [0.3, 0.4) is 0 Å². The summed E-state index contributed by atoms with van der Waals surface area (Å²) < 4.78 is 0. The van der Waals surface area contributed by atoms with Gasteiger partial charge in [0.1, 0.15) is 0 Å². The zero-order valence-electron chi connectivity index (χ0n) is 17.5. The maximum Gasteiger partial charge on any atom is 0.237 e. The molecule has 154 valence electrons. The molecule has 1 atom stereocenters. The number of amides is 2. The van der Waals surface area contributed by atoms with Gasteiger partial charge in [-0.1, -0.05) is 31.4 Å². The minimum absolute atomic E-state index is 0.0325. The van der Waals surface area contributed by atoms with Crippen molar-refractivity contribution in [2.24, 2.45) is 5.92 Å². The normalized spacial score (nSPS) is 15.6. The average Bonchev–Trinajstić information content (AvgIpc) is 2.71. The minimum Gasteiger partial charge on any atom is -0.326 e. The Morgan fingerprint density at radius 3 is 2.38 bits per heavy atom. The third-order valence-corrected chi connectivity index (χ3v) is 6.63. The van der Waals surface area contributed by atoms with Gasteiger partial charge < -0.3 is 10.6 Å². The monoisotopic (exact) mass is 410 g/mol. The van der Waals surface area contributed by atoms with Gasteiger partial charge in [-0.05, 0) is 75.1 Å². The second-order valence-corrected chi connectivity index (χ2v) is 9.31. The number of carbonyl (C=O) groups excluding carboxylic acids is 2. The third kappa shape index (κ3) is 6.10. The maximum absolute atomic E-state index is 12.6. The number of benzene rings is 2. The average molecular weight is 411 g/mol. The van der Waals surface area contributed by atoms with E-state index in [-0.39, 0.29) is 23.0 Å². The van der Waals surface area contributed by atoms with E-state index in [0.717, 1.165) is 47.5 Å². The number of hydrogen-bond donors (Lipinski definition) is 2. The summed E-state index contributed by atoms with van der Waals surface area (Å²) >= 11 is 1.49. The van der Waals surface area contributed by atoms with Crippen molar-refractivity contribution in [2.75, 3.05) is 10.6 Å². The van der Waals surface area contributed by atoms with Crippen LogP contribution in [0, 0.1) is 19.8 Å². The highest BCUT2D eigenvalue weighted by atomic mass is 32.2. The molecule has 2 aromatic carbocycles. The zero-order chi connectivity index (χ0) is 20.8. The molecule has 3 rings (SSSR count). The van der Waals surface area contributed by atoms with Crippen LogP contribution in [0.15, 0.2) is 47.4 Å². The van der Waals surface area contributed by atoms with Crippen molar-refractivity contribution in [1.82, 2.24) is 0 Å². The van der Waals surface area contributed by atoms with Gasteiger partial charge >= 0.3 is 0 Å². The first kappa shape index (κ1) is 21.4. The van der Waals surface area contributed by atoms with Crippen LogP contribution in [0.1, 0.15) is 50.2 Å². The quantitative estimate of drug-likeness (QED) is 0.579. The molecule has 4 nitrogen and oxygen atoms in total. The lowest BCUT2D eigenvalue weighted by atomic mass is 9.88. The van der Waals surface area contributed by atoms with Crippen molar-refractivity contribution in [3.05, 3.63) is 53.6 Å². The summed E-state index contributed by atoms with van der Waals surface area (Å²) in [5.74, 6) is 0.213. The maximum atomic E-state index is 12.6. The summed E-state index contributed by atoms with van der Waals surface area (Å²) in [6.45, 7) is 5.99. The molecule has 1 unspecified atom stereocenters. The van der Waals surface area contributed by atoms with Gasteiger partial charge in [0.25, 0.3) is 0 Å². The molecule has 1 aliphatic carbocycles. The van der Waals surface area contributed by atoms with Crippen molar-refractivity contribution >= 4 is 35.0 Å². The number of rotatable bonds is 6. The molecule has 2 amide bonds. The van der Waals surface area contributed by atoms with Crippen LogP contribution in [-0.2, 0) is 9.59 Å². The molecule has 2 N–H and O–H groups in total. The molecule has 0 bridgehead atoms. The van der Waals surface area contributed by atoms with Gasteiger partial charge in [-0.15, -0.1) is 11.8 Å². The molecular weight excluding hydrogens is 380 g/mol. The van der Waals surface area contributed by atoms with Crippen LogP contribution in [0.4, 0.5) is 11.4 Å². The second-order valence-electron chi connectivity index (χ2n) is 7.90. The van der Waals surface area contributed by atoms with Crippen molar-refractivity contribution < 1.29 is 9.59 Å². The van der Waals surface area contributed by atoms with E-state index in [4.69, 9.17) is 0 Å². The molecule has 0 heterocycles. The van der Waals surface area contributed by atoms with Gasteiger partial charge in [-0.3, -0.25) is 9.59 Å². The highest BCUT2D eigenvalue weighted by molar-refractivity contribution is 8.00. The molecule has 0 spiro atoms. The van der Waals surface area contributed by atoms with Gasteiger partial charge in [0.15, 0.2) is 0 Å². The van der Waals surface area contributed by atoms with E-state index in [1.54, 1.807) is 0 Å². The molecule has 0 aliphatic heterocycles. The lowest BCUT2D eigenvalue weighted by molar-refractivity contribution is -0.120. The molecule has 1 fully saturated rings. The summed E-state index contributed by atoms with van der Waals surface area (Å²) in [7, 11) is 0. The summed E-state index contributed by atoms with van der Waals surface area (Å²) in [5.41, 5.74) is 3.98. The number of anilines is 2. The first-order chi connectivity index (χ1) is 13.9. The molecular formula is C24H30N2O2S. The lowest BCUT2D eigenvalue weighted by Gasteiger charge is -2.21. The first-order valence-electron chi connectivity index (χ1n) is 10.4. The predicted octanol–water partition coefficient (Wildman–Crippen LogP) is 5.94. The van der Waals surface area contributed by atoms with Crippen LogP contribution >= 0.6 is 11.8 Å². The van der Waals surface area contributed by atoms with Crippen molar-refractivity contribution in [1.29, 1.82) is 0 Å². The number of thioether (sulfide) groups is 1. The molecule has 1 saturated carbocycles. The summed E-state index contributed by atoms with van der Waals surface area (Å²) in [4.78, 5) is 26.0. The number of carbonyl (C=O) groups is 2. The standard InChI is InChI=1S/C24H30N2O2S/c1-16-12-13-21(14-17(16)2)25-23(27)18(3)29-22-11-7-10-20(15-22)26-24(28)19-8-5-4-6-9-19/h7,10-15,18-19H,4-6,8-9H2,1-3H3,(H,25,27)(H,26,28). The topological polar surface area (TPSA) is 58.2 Å². The van der Waals surface area contributed by atoms with E-state index >= 15 is 0 Å². The smallest absolute Gasteiger partial charge is 0.237 e. The van der Waals surface area contributed by atoms with Crippen LogP contribution in [-0.4, -0.2) is 17.1 Å². The lowest BCUT2D eigenvalue weighted by Crippen LogP contribution is -2.24. The number of aryl methyl sites for hydroxylation is 2. The Kier molecular flexibility index (Phi) is 7.37. The fourth-order valence-electron chi connectivity index (χ4n) is 3.58. The molecule has 0 aromatic heterocycles. The Morgan fingerprint density at radius 1 is 0.931 bits per heavy atom. The van der Waals surface area contributed by atoms with Gasteiger partial charge in [0.2, 0.25) is 11.8 Å². The van der Waals surface area contributed by atoms with Gasteiger partial charge in [0, 0.05) is 22.2 Å². The van der Waals surface area contributed by atoms with Crippen molar-refractivity contribution in [3.63, 3.8) is 0 Å². The van der Waals surface area contributed by atoms with E-state index in [1.807, 2.05) is 56.3 Å². The Labute approximate surface area is 177 Å². The Bertz CT molecular complexity index is 875. The SMILES string of the molecule is Cc1ccc(NC(=O)C(C)Sc2cccc(NC(=O)C3CCCCC3)c2)cc1C. The largest absolute Gasteiger partial charge is 0.326 e. The van der Waals surface area contributed by atoms with E-state index in [0.29, 0.717) is 0 Å². The molecule has 1 aliphatic rings. The van der Waals surface area contributed by atoms with Gasteiger partial charge in [-0.25, -0.2) is 0 Å². The third-order valence-electron chi connectivity index (χ3n) is 5.53. The summed E-state index contributed by atoms with van der Waals surface area (Å²) in [6.07, 6.45) is 5.48. The zero-order valence-corrected chi connectivity index (χ0v) is 18.3. The molecule has 0 radical (unpaired) electrons. The molecule has 5 heteroatoms. The van der Waals surface area contributed by atoms with Crippen LogP contribution in [0.25, 0.3) is 0 Å². The van der Waals surface area contributed by atoms with Crippen LogP contribution < -0.4 is 10.6 Å². The van der Waals surface area contributed by atoms with E-state index in [1.165, 1.54) is 23.7 Å². The van der Waals surface area contributed by atoms with Gasteiger partial charge in [-0.2, -0.15) is 0 Å². The predicted molar refractivity (Wildman–Crippen MR) is 122 cm³/mol. The van der Waals surface area contributed by atoms with Gasteiger partial charge in [0.05, 0.1) is 5.25 Å². The summed E-state index contributed by atoms with van der Waals surface area (Å²) in [6, 6.07) is 13.7. The first-order valence-corrected chi connectivity index (χ1v) is 11.3. The van der Waals surface area contributed by atoms with E-state index in [9.17, 15) is 9.59 Å². The van der Waals surface area contributed by atoms with Crippen molar-refractivity contribution in [3.8, 4) is 0 Å². The fourth-order valence-corrected chi connectivity index (χ4v) is 4.50. The Morgan fingerprint density at radius 2 is 1.66 bits per heavy atom. The van der Waals surface area contributed by atoms with Crippen LogP contribution in [0.5, 0.6) is 0 Å². The number of hydrogen-bond acceptors (Lipinski definition) is 3. The fraction of sp³-hybridized carbons (Fsp3) is 0.417. The van der Waals surface area contributed by atoms with Crippen molar-refractivity contribution in [2.45, 2.75) is 63.0 Å². The highest BCUT2D eigenvalue weighted by Crippen LogP contribution is 2.28.